The summed E-state index contributed by atoms with van der Waals surface area (Å²) in [7, 11) is 1.61. The number of rotatable bonds is 4. The molecule has 1 aromatic heterocycles. The molecule has 0 unspecified atom stereocenters. The van der Waals surface area contributed by atoms with E-state index < -0.39 is 5.97 Å². The number of benzene rings is 2. The van der Waals surface area contributed by atoms with Gasteiger partial charge in [0.1, 0.15) is 16.8 Å². The third kappa shape index (κ3) is 2.43. The van der Waals surface area contributed by atoms with Crippen molar-refractivity contribution < 1.29 is 14.6 Å². The van der Waals surface area contributed by atoms with E-state index in [0.717, 1.165) is 11.3 Å². The van der Waals surface area contributed by atoms with Crippen molar-refractivity contribution >= 4 is 17.0 Å². The van der Waals surface area contributed by atoms with Gasteiger partial charge in [0.2, 0.25) is 0 Å². The number of aromatic carboxylic acids is 1. The molecular formula is C15H13N3O3. The van der Waals surface area contributed by atoms with Crippen molar-refractivity contribution in [2.75, 3.05) is 7.11 Å². The molecular weight excluding hydrogens is 270 g/mol. The van der Waals surface area contributed by atoms with Gasteiger partial charge in [-0.25, -0.2) is 9.48 Å². The number of methoxy groups -OCH3 is 1. The topological polar surface area (TPSA) is 77.2 Å². The number of hydrogen-bond donors (Lipinski definition) is 1. The minimum Gasteiger partial charge on any atom is -0.497 e. The van der Waals surface area contributed by atoms with Gasteiger partial charge in [0, 0.05) is 0 Å². The standard InChI is InChI=1S/C15H13N3O3/c1-21-11-7-5-10(6-8-11)9-18-14-12(15(19)20)3-2-4-13(14)16-17-18/h2-8H,9H2,1H3,(H,19,20). The van der Waals surface area contributed by atoms with E-state index in [0.29, 0.717) is 17.6 Å². The Morgan fingerprint density at radius 1 is 1.24 bits per heavy atom. The van der Waals surface area contributed by atoms with Gasteiger partial charge in [-0.3, -0.25) is 0 Å². The van der Waals surface area contributed by atoms with E-state index in [1.54, 1.807) is 30.0 Å². The molecule has 0 fully saturated rings. The Balaban J connectivity index is 2.02. The normalized spacial score (nSPS) is 10.7. The van der Waals surface area contributed by atoms with E-state index in [9.17, 15) is 9.90 Å². The summed E-state index contributed by atoms with van der Waals surface area (Å²) >= 11 is 0. The van der Waals surface area contributed by atoms with Crippen molar-refractivity contribution in [2.24, 2.45) is 0 Å². The van der Waals surface area contributed by atoms with Crippen molar-refractivity contribution in [1.82, 2.24) is 15.0 Å². The molecule has 0 aliphatic rings. The third-order valence-corrected chi connectivity index (χ3v) is 3.26. The van der Waals surface area contributed by atoms with Crippen LogP contribution in [0.3, 0.4) is 0 Å². The molecule has 0 aliphatic carbocycles. The van der Waals surface area contributed by atoms with E-state index in [-0.39, 0.29) is 5.56 Å². The van der Waals surface area contributed by atoms with Gasteiger partial charge < -0.3 is 9.84 Å². The first kappa shape index (κ1) is 13.1. The van der Waals surface area contributed by atoms with Gasteiger partial charge in [0.25, 0.3) is 0 Å². The number of fused-ring (bicyclic) bond motifs is 1. The Labute approximate surface area is 120 Å². The average molecular weight is 283 g/mol. The van der Waals surface area contributed by atoms with Crippen LogP contribution in [0.15, 0.2) is 42.5 Å². The fourth-order valence-corrected chi connectivity index (χ4v) is 2.22. The zero-order valence-electron chi connectivity index (χ0n) is 11.4. The molecule has 0 spiro atoms. The van der Waals surface area contributed by atoms with E-state index in [2.05, 4.69) is 10.3 Å². The highest BCUT2D eigenvalue weighted by Gasteiger charge is 2.14. The van der Waals surface area contributed by atoms with Crippen molar-refractivity contribution in [1.29, 1.82) is 0 Å². The molecule has 0 amide bonds. The quantitative estimate of drug-likeness (QED) is 0.794. The number of hydrogen-bond acceptors (Lipinski definition) is 4. The maximum atomic E-state index is 11.3. The third-order valence-electron chi connectivity index (χ3n) is 3.26. The molecule has 0 saturated heterocycles. The summed E-state index contributed by atoms with van der Waals surface area (Å²) < 4.78 is 6.71. The monoisotopic (exact) mass is 283 g/mol. The summed E-state index contributed by atoms with van der Waals surface area (Å²) in [6, 6.07) is 12.5. The van der Waals surface area contributed by atoms with Crippen molar-refractivity contribution in [2.45, 2.75) is 6.54 Å². The Morgan fingerprint density at radius 2 is 2.00 bits per heavy atom. The maximum absolute atomic E-state index is 11.3. The summed E-state index contributed by atoms with van der Waals surface area (Å²) in [5.74, 6) is -0.215. The number of nitrogens with zero attached hydrogens (tertiary/aromatic N) is 3. The van der Waals surface area contributed by atoms with Crippen LogP contribution in [-0.2, 0) is 6.54 Å². The Bertz CT molecular complexity index is 794. The number of para-hydroxylation sites is 1. The van der Waals surface area contributed by atoms with Gasteiger partial charge in [0.05, 0.1) is 19.2 Å². The SMILES string of the molecule is COc1ccc(Cn2nnc3cccc(C(=O)O)c32)cc1. The largest absolute Gasteiger partial charge is 0.497 e. The molecule has 1 heterocycles. The highest BCUT2D eigenvalue weighted by Crippen LogP contribution is 2.19. The Morgan fingerprint density at radius 3 is 2.67 bits per heavy atom. The first-order valence-corrected chi connectivity index (χ1v) is 6.37. The first-order valence-electron chi connectivity index (χ1n) is 6.37. The van der Waals surface area contributed by atoms with Crippen LogP contribution in [0.5, 0.6) is 5.75 Å². The minimum absolute atomic E-state index is 0.200. The molecule has 0 aliphatic heterocycles. The summed E-state index contributed by atoms with van der Waals surface area (Å²) in [6.45, 7) is 0.449. The molecule has 3 aromatic rings. The molecule has 3 rings (SSSR count). The number of carboxylic acids is 1. The van der Waals surface area contributed by atoms with E-state index in [4.69, 9.17) is 4.74 Å². The van der Waals surface area contributed by atoms with Gasteiger partial charge in [-0.05, 0) is 29.8 Å². The van der Waals surface area contributed by atoms with Gasteiger partial charge in [-0.2, -0.15) is 0 Å². The van der Waals surface area contributed by atoms with Crippen LogP contribution >= 0.6 is 0 Å². The van der Waals surface area contributed by atoms with Gasteiger partial charge >= 0.3 is 5.97 Å². The average Bonchev–Trinajstić information content (AvgIpc) is 2.91. The zero-order chi connectivity index (χ0) is 14.8. The van der Waals surface area contributed by atoms with Crippen LogP contribution in [0.1, 0.15) is 15.9 Å². The van der Waals surface area contributed by atoms with Crippen LogP contribution in [0, 0.1) is 0 Å². The van der Waals surface area contributed by atoms with E-state index in [1.807, 2.05) is 24.3 Å². The lowest BCUT2D eigenvalue weighted by Gasteiger charge is -2.06. The van der Waals surface area contributed by atoms with Crippen LogP contribution in [0.4, 0.5) is 0 Å². The van der Waals surface area contributed by atoms with Crippen LogP contribution in [-0.4, -0.2) is 33.2 Å². The number of carbonyl (C=O) groups is 1. The fraction of sp³-hybridized carbons (Fsp3) is 0.133. The number of aromatic nitrogens is 3. The molecule has 0 saturated carbocycles. The van der Waals surface area contributed by atoms with Gasteiger partial charge in [0.15, 0.2) is 0 Å². The molecule has 0 atom stereocenters. The highest BCUT2D eigenvalue weighted by molar-refractivity contribution is 6.00. The van der Waals surface area contributed by atoms with E-state index in [1.165, 1.54) is 0 Å². The highest BCUT2D eigenvalue weighted by atomic mass is 16.5. The van der Waals surface area contributed by atoms with Crippen molar-refractivity contribution in [3.63, 3.8) is 0 Å². The van der Waals surface area contributed by atoms with Crippen molar-refractivity contribution in [3.8, 4) is 5.75 Å². The summed E-state index contributed by atoms with van der Waals surface area (Å²) in [5.41, 5.74) is 2.29. The lowest BCUT2D eigenvalue weighted by atomic mass is 10.1. The zero-order valence-corrected chi connectivity index (χ0v) is 11.4. The predicted octanol–water partition coefficient (Wildman–Crippen LogP) is 2.19. The van der Waals surface area contributed by atoms with Gasteiger partial charge in [-0.1, -0.05) is 23.4 Å². The predicted molar refractivity (Wildman–Crippen MR) is 76.6 cm³/mol. The number of carboxylic acid groups (broad SMARTS) is 1. The molecule has 6 heteroatoms. The van der Waals surface area contributed by atoms with Crippen LogP contribution < -0.4 is 4.74 Å². The number of ether oxygens (including phenoxy) is 1. The van der Waals surface area contributed by atoms with Crippen molar-refractivity contribution in [3.05, 3.63) is 53.6 Å². The van der Waals surface area contributed by atoms with Gasteiger partial charge in [-0.15, -0.1) is 5.10 Å². The molecule has 106 valence electrons. The Kier molecular flexibility index (Phi) is 3.27. The van der Waals surface area contributed by atoms with Crippen LogP contribution in [0.25, 0.3) is 11.0 Å². The molecule has 0 bridgehead atoms. The smallest absolute Gasteiger partial charge is 0.337 e. The summed E-state index contributed by atoms with van der Waals surface area (Å²) in [4.78, 5) is 11.3. The summed E-state index contributed by atoms with van der Waals surface area (Å²) in [6.07, 6.45) is 0. The second-order valence-corrected chi connectivity index (χ2v) is 4.57. The summed E-state index contributed by atoms with van der Waals surface area (Å²) in [5, 5.41) is 17.3. The molecule has 2 aromatic carbocycles. The maximum Gasteiger partial charge on any atom is 0.337 e. The molecule has 0 radical (unpaired) electrons. The lowest BCUT2D eigenvalue weighted by molar-refractivity contribution is 0.0698. The molecule has 21 heavy (non-hydrogen) atoms. The lowest BCUT2D eigenvalue weighted by Crippen LogP contribution is -2.06. The first-order chi connectivity index (χ1) is 10.2. The second-order valence-electron chi connectivity index (χ2n) is 4.57. The van der Waals surface area contributed by atoms with Crippen LogP contribution in [0.2, 0.25) is 0 Å². The second kappa shape index (κ2) is 5.24. The minimum atomic E-state index is -0.987. The Hall–Kier alpha value is -2.89. The molecule has 6 nitrogen and oxygen atoms in total. The fourth-order valence-electron chi connectivity index (χ4n) is 2.22. The molecule has 1 N–H and O–H groups in total. The van der Waals surface area contributed by atoms with E-state index >= 15 is 0 Å².